The molecule has 2 fully saturated rings. The Labute approximate surface area is 199 Å². The van der Waals surface area contributed by atoms with Crippen molar-refractivity contribution in [2.24, 2.45) is 0 Å². The van der Waals surface area contributed by atoms with Gasteiger partial charge < -0.3 is 20.3 Å². The normalized spacial score (nSPS) is 19.9. The maximum absolute atomic E-state index is 11.9. The van der Waals surface area contributed by atoms with E-state index in [2.05, 4.69) is 49.8 Å². The highest BCUT2D eigenvalue weighted by Crippen LogP contribution is 2.27. The Hall–Kier alpha value is -2.86. The van der Waals surface area contributed by atoms with Crippen LogP contribution in [0.4, 0.5) is 11.5 Å². The monoisotopic (exact) mass is 483 g/mol. The van der Waals surface area contributed by atoms with Gasteiger partial charge >= 0.3 is 0 Å². The number of ether oxygens (including phenoxy) is 1. The van der Waals surface area contributed by atoms with Crippen molar-refractivity contribution in [3.8, 4) is 11.3 Å². The van der Waals surface area contributed by atoms with Gasteiger partial charge in [-0.05, 0) is 18.2 Å². The number of anilines is 2. The van der Waals surface area contributed by atoms with E-state index in [1.807, 2.05) is 6.07 Å². The van der Waals surface area contributed by atoms with E-state index in [1.165, 1.54) is 16.2 Å². The molecule has 2 aliphatic heterocycles. The Bertz CT molecular complexity index is 1250. The van der Waals surface area contributed by atoms with Crippen LogP contribution in [0, 0.1) is 0 Å². The van der Waals surface area contributed by atoms with Gasteiger partial charge in [-0.3, -0.25) is 4.98 Å². The quantitative estimate of drug-likeness (QED) is 0.534. The van der Waals surface area contributed by atoms with E-state index in [0.29, 0.717) is 37.6 Å². The van der Waals surface area contributed by atoms with Gasteiger partial charge in [0, 0.05) is 69.5 Å². The van der Waals surface area contributed by atoms with Crippen LogP contribution in [0.25, 0.3) is 22.3 Å². The lowest BCUT2D eigenvalue weighted by Gasteiger charge is -2.31. The van der Waals surface area contributed by atoms with Gasteiger partial charge in [0.05, 0.1) is 30.2 Å². The summed E-state index contributed by atoms with van der Waals surface area (Å²) in [5.74, 6) is 0.604. The van der Waals surface area contributed by atoms with Gasteiger partial charge in [-0.25, -0.2) is 18.4 Å². The van der Waals surface area contributed by atoms with Crippen molar-refractivity contribution in [2.75, 3.05) is 68.9 Å². The first-order valence-electron chi connectivity index (χ1n) is 11.5. The van der Waals surface area contributed by atoms with Crippen molar-refractivity contribution < 1.29 is 13.2 Å². The second-order valence-electron chi connectivity index (χ2n) is 8.56. The lowest BCUT2D eigenvalue weighted by atomic mass is 10.1. The van der Waals surface area contributed by atoms with Crippen molar-refractivity contribution in [1.82, 2.24) is 24.6 Å². The second-order valence-corrected chi connectivity index (χ2v) is 10.5. The first-order chi connectivity index (χ1) is 16.5. The highest BCUT2D eigenvalue weighted by molar-refractivity contribution is 7.88. The van der Waals surface area contributed by atoms with Crippen molar-refractivity contribution in [3.63, 3.8) is 0 Å². The molecule has 0 saturated carbocycles. The minimum atomic E-state index is -3.25. The number of hydrogen-bond donors (Lipinski definition) is 2. The summed E-state index contributed by atoms with van der Waals surface area (Å²) in [5, 5.41) is 6.70. The molecule has 1 atom stereocenters. The molecule has 2 saturated heterocycles. The summed E-state index contributed by atoms with van der Waals surface area (Å²) in [4.78, 5) is 16.2. The molecule has 2 N–H and O–H groups in total. The molecule has 34 heavy (non-hydrogen) atoms. The van der Waals surface area contributed by atoms with Gasteiger partial charge in [-0.1, -0.05) is 12.1 Å². The fourth-order valence-electron chi connectivity index (χ4n) is 4.34. The summed E-state index contributed by atoms with van der Waals surface area (Å²) in [5.41, 5.74) is 4.40. The van der Waals surface area contributed by atoms with Crippen LogP contribution in [0.1, 0.15) is 0 Å². The Morgan fingerprint density at radius 2 is 1.88 bits per heavy atom. The summed E-state index contributed by atoms with van der Waals surface area (Å²) in [6, 6.07) is 10.4. The van der Waals surface area contributed by atoms with Crippen LogP contribution in [-0.2, 0) is 14.8 Å². The maximum Gasteiger partial charge on any atom is 0.211 e. The molecule has 180 valence electrons. The number of fused-ring (bicyclic) bond motifs is 1. The number of hydrogen-bond acceptors (Lipinski definition) is 9. The first kappa shape index (κ1) is 22.9. The summed E-state index contributed by atoms with van der Waals surface area (Å²) >= 11 is 0. The van der Waals surface area contributed by atoms with Crippen LogP contribution < -0.4 is 15.5 Å². The molecule has 0 unspecified atom stereocenters. The van der Waals surface area contributed by atoms with Crippen LogP contribution in [0.5, 0.6) is 0 Å². The number of pyridine rings is 1. The van der Waals surface area contributed by atoms with E-state index in [-0.39, 0.29) is 6.10 Å². The second kappa shape index (κ2) is 9.79. The lowest BCUT2D eigenvalue weighted by Crippen LogP contribution is -2.47. The Morgan fingerprint density at radius 3 is 2.65 bits per heavy atom. The van der Waals surface area contributed by atoms with E-state index in [4.69, 9.17) is 9.72 Å². The molecule has 10 nitrogen and oxygen atoms in total. The van der Waals surface area contributed by atoms with Crippen LogP contribution in [-0.4, -0.2) is 92.5 Å². The van der Waals surface area contributed by atoms with Crippen LogP contribution >= 0.6 is 0 Å². The molecule has 0 amide bonds. The largest absolute Gasteiger partial charge is 0.374 e. The van der Waals surface area contributed by atoms with E-state index < -0.39 is 10.0 Å². The average Bonchev–Trinajstić information content (AvgIpc) is 2.87. The number of nitrogens with one attached hydrogen (secondary N) is 2. The summed E-state index contributed by atoms with van der Waals surface area (Å²) in [6.45, 7) is 5.45. The Morgan fingerprint density at radius 1 is 1.12 bits per heavy atom. The molecule has 5 rings (SSSR count). The lowest BCUT2D eigenvalue weighted by molar-refractivity contribution is 0.00702. The van der Waals surface area contributed by atoms with Crippen LogP contribution in [0.2, 0.25) is 0 Å². The molecule has 0 spiro atoms. The van der Waals surface area contributed by atoms with E-state index in [9.17, 15) is 8.42 Å². The summed E-state index contributed by atoms with van der Waals surface area (Å²) < 4.78 is 31.1. The number of rotatable bonds is 6. The van der Waals surface area contributed by atoms with Gasteiger partial charge in [0.15, 0.2) is 5.82 Å². The van der Waals surface area contributed by atoms with Gasteiger partial charge in [0.1, 0.15) is 5.52 Å². The molecule has 2 aromatic heterocycles. The minimum absolute atomic E-state index is 0.279. The third kappa shape index (κ3) is 5.12. The topological polar surface area (TPSA) is 113 Å². The highest BCUT2D eigenvalue weighted by atomic mass is 32.2. The molecule has 0 radical (unpaired) electrons. The van der Waals surface area contributed by atoms with Crippen LogP contribution in [0.15, 0.2) is 42.7 Å². The Kier molecular flexibility index (Phi) is 6.59. The fourth-order valence-corrected chi connectivity index (χ4v) is 5.18. The maximum atomic E-state index is 11.9. The zero-order valence-corrected chi connectivity index (χ0v) is 20.0. The number of sulfonamides is 1. The standard InChI is InChI=1S/C23H29N7O3S/c1-34(31,32)30-12-13-33-19(16-30)15-27-23-22-21(25-6-7-26-22)14-20(28-23)17-2-4-18(5-3-17)29-10-8-24-9-11-29/h2-7,14,19,24H,8-13,15-16H2,1H3,(H,27,28)/t19-/m1/s1. The van der Waals surface area contributed by atoms with Crippen LogP contribution in [0.3, 0.4) is 0 Å². The molecular formula is C23H29N7O3S. The SMILES string of the molecule is CS(=O)(=O)N1CCO[C@H](CNc2nc(-c3ccc(N4CCNCC4)cc3)cc3nccnc23)C1. The molecule has 0 aliphatic carbocycles. The predicted octanol–water partition coefficient (Wildman–Crippen LogP) is 1.17. The molecule has 1 aromatic carbocycles. The zero-order chi connectivity index (χ0) is 23.5. The first-order valence-corrected chi connectivity index (χ1v) is 13.3. The van der Waals surface area contributed by atoms with E-state index >= 15 is 0 Å². The summed E-state index contributed by atoms with van der Waals surface area (Å²) in [6.07, 6.45) is 4.25. The molecule has 2 aliphatic rings. The highest BCUT2D eigenvalue weighted by Gasteiger charge is 2.26. The summed E-state index contributed by atoms with van der Waals surface area (Å²) in [7, 11) is -3.25. The average molecular weight is 484 g/mol. The van der Waals surface area contributed by atoms with Gasteiger partial charge in [0.2, 0.25) is 10.0 Å². The zero-order valence-electron chi connectivity index (χ0n) is 19.1. The molecule has 0 bridgehead atoms. The van der Waals surface area contributed by atoms with Crippen molar-refractivity contribution >= 4 is 32.6 Å². The van der Waals surface area contributed by atoms with Crippen molar-refractivity contribution in [3.05, 3.63) is 42.7 Å². The number of aromatic nitrogens is 3. The number of morpholine rings is 1. The Balaban J connectivity index is 1.37. The number of benzene rings is 1. The third-order valence-electron chi connectivity index (χ3n) is 6.17. The molecule has 11 heteroatoms. The van der Waals surface area contributed by atoms with Crippen molar-refractivity contribution in [1.29, 1.82) is 0 Å². The smallest absolute Gasteiger partial charge is 0.211 e. The molecule has 3 aromatic rings. The van der Waals surface area contributed by atoms with E-state index in [0.717, 1.165) is 43.0 Å². The van der Waals surface area contributed by atoms with Crippen molar-refractivity contribution in [2.45, 2.75) is 6.10 Å². The minimum Gasteiger partial charge on any atom is -0.374 e. The molecule has 4 heterocycles. The van der Waals surface area contributed by atoms with E-state index in [1.54, 1.807) is 12.4 Å². The number of nitrogens with zero attached hydrogens (tertiary/aromatic N) is 5. The van der Waals surface area contributed by atoms with Gasteiger partial charge in [0.25, 0.3) is 0 Å². The fraction of sp³-hybridized carbons (Fsp3) is 0.435. The van der Waals surface area contributed by atoms with Gasteiger partial charge in [-0.15, -0.1) is 0 Å². The predicted molar refractivity (Wildman–Crippen MR) is 132 cm³/mol. The molecular weight excluding hydrogens is 454 g/mol. The van der Waals surface area contributed by atoms with Gasteiger partial charge in [-0.2, -0.15) is 4.31 Å². The third-order valence-corrected chi connectivity index (χ3v) is 7.44. The number of piperazine rings is 1.